The zero-order valence-electron chi connectivity index (χ0n) is 16.0. The summed E-state index contributed by atoms with van der Waals surface area (Å²) in [5, 5.41) is 6.67. The first kappa shape index (κ1) is 18.8. The van der Waals surface area contributed by atoms with Crippen LogP contribution in [0.3, 0.4) is 0 Å². The van der Waals surface area contributed by atoms with Gasteiger partial charge in [0.2, 0.25) is 12.6 Å². The van der Waals surface area contributed by atoms with Crippen LogP contribution >= 0.6 is 0 Å². The number of nitrogens with zero attached hydrogens (tertiary/aromatic N) is 2. The van der Waals surface area contributed by atoms with Crippen molar-refractivity contribution in [2.24, 2.45) is 0 Å². The molecule has 1 N–H and O–H groups in total. The van der Waals surface area contributed by atoms with Crippen LogP contribution < -0.4 is 19.5 Å². The topological polar surface area (TPSA) is 95.7 Å². The van der Waals surface area contributed by atoms with E-state index in [1.54, 1.807) is 18.2 Å². The molecule has 29 heavy (non-hydrogen) atoms. The van der Waals surface area contributed by atoms with E-state index in [2.05, 4.69) is 27.6 Å². The van der Waals surface area contributed by atoms with Crippen molar-refractivity contribution in [1.29, 1.82) is 0 Å². The van der Waals surface area contributed by atoms with Crippen molar-refractivity contribution in [3.05, 3.63) is 65.8 Å². The molecule has 1 aromatic heterocycles. The van der Waals surface area contributed by atoms with E-state index in [1.807, 2.05) is 25.1 Å². The Bertz CT molecular complexity index is 973. The normalized spacial score (nSPS) is 13.1. The zero-order chi connectivity index (χ0) is 20.1. The van der Waals surface area contributed by atoms with E-state index < -0.39 is 5.91 Å². The third-order valence-corrected chi connectivity index (χ3v) is 4.46. The molecular formula is C21H21N3O5. The molecule has 1 aliphatic heterocycles. The van der Waals surface area contributed by atoms with E-state index in [0.29, 0.717) is 17.2 Å². The first-order valence-electron chi connectivity index (χ1n) is 9.37. The van der Waals surface area contributed by atoms with Crippen LogP contribution in [0.4, 0.5) is 0 Å². The summed E-state index contributed by atoms with van der Waals surface area (Å²) in [6, 6.07) is 15.4. The van der Waals surface area contributed by atoms with Gasteiger partial charge in [0.15, 0.2) is 18.1 Å². The summed E-state index contributed by atoms with van der Waals surface area (Å²) in [5.74, 6) is 1.69. The Morgan fingerprint density at radius 2 is 2.00 bits per heavy atom. The fraction of sp³-hybridized carbons (Fsp3) is 0.286. The van der Waals surface area contributed by atoms with Crippen LogP contribution in [0.2, 0.25) is 0 Å². The van der Waals surface area contributed by atoms with Gasteiger partial charge in [-0.05, 0) is 37.5 Å². The number of nitrogens with one attached hydrogen (secondary N) is 1. The molecule has 2 aromatic carbocycles. The van der Waals surface area contributed by atoms with E-state index in [-0.39, 0.29) is 31.2 Å². The lowest BCUT2D eigenvalue weighted by Gasteiger charge is -2.12. The van der Waals surface area contributed by atoms with Gasteiger partial charge in [-0.3, -0.25) is 4.79 Å². The van der Waals surface area contributed by atoms with Crippen LogP contribution in [0.25, 0.3) is 0 Å². The quantitative estimate of drug-likeness (QED) is 0.626. The Hall–Kier alpha value is -3.55. The minimum atomic E-state index is -0.396. The predicted octanol–water partition coefficient (Wildman–Crippen LogP) is 3.13. The van der Waals surface area contributed by atoms with E-state index in [4.69, 9.17) is 18.7 Å². The van der Waals surface area contributed by atoms with Crippen LogP contribution in [0, 0.1) is 0 Å². The summed E-state index contributed by atoms with van der Waals surface area (Å²) in [7, 11) is 0. The third-order valence-electron chi connectivity index (χ3n) is 4.46. The van der Waals surface area contributed by atoms with Crippen molar-refractivity contribution in [2.45, 2.75) is 32.4 Å². The molecule has 8 nitrogen and oxygen atoms in total. The number of amides is 1. The number of aromatic nitrogens is 2. The van der Waals surface area contributed by atoms with Gasteiger partial charge in [0.05, 0.1) is 0 Å². The molecule has 1 unspecified atom stereocenters. The maximum atomic E-state index is 12.3. The van der Waals surface area contributed by atoms with Gasteiger partial charge in [-0.15, -0.1) is 0 Å². The number of fused-ring (bicyclic) bond motifs is 1. The second-order valence-electron chi connectivity index (χ2n) is 6.72. The molecular weight excluding hydrogens is 374 g/mol. The van der Waals surface area contributed by atoms with Gasteiger partial charge < -0.3 is 24.1 Å². The molecule has 3 aromatic rings. The number of carbonyl (C=O) groups is 1. The summed E-state index contributed by atoms with van der Waals surface area (Å²) < 4.78 is 21.2. The van der Waals surface area contributed by atoms with Gasteiger partial charge in [-0.25, -0.2) is 0 Å². The zero-order valence-corrected chi connectivity index (χ0v) is 16.0. The standard InChI is InChI=1S/C21H21N3O5/c1-14(7-8-15-5-3-2-4-6-15)22-20(25)21-23-19(24-29-21)12-26-16-9-10-17-18(11-16)28-13-27-17/h2-6,9-11,14H,7-8,12-13H2,1H3,(H,22,25). The van der Waals surface area contributed by atoms with Crippen LogP contribution in [-0.4, -0.2) is 28.9 Å². The maximum absolute atomic E-state index is 12.3. The number of benzene rings is 2. The average molecular weight is 395 g/mol. The second-order valence-corrected chi connectivity index (χ2v) is 6.72. The molecule has 0 bridgehead atoms. The lowest BCUT2D eigenvalue weighted by molar-refractivity contribution is 0.0894. The maximum Gasteiger partial charge on any atom is 0.316 e. The Morgan fingerprint density at radius 3 is 2.86 bits per heavy atom. The van der Waals surface area contributed by atoms with Gasteiger partial charge in [-0.1, -0.05) is 35.5 Å². The molecule has 1 atom stereocenters. The molecule has 0 saturated carbocycles. The largest absolute Gasteiger partial charge is 0.485 e. The molecule has 0 spiro atoms. The van der Waals surface area contributed by atoms with Crippen molar-refractivity contribution in [3.8, 4) is 17.2 Å². The second kappa shape index (κ2) is 8.64. The molecule has 2 heterocycles. The Labute approximate surface area is 167 Å². The Kier molecular flexibility index (Phi) is 5.60. The number of carbonyl (C=O) groups excluding carboxylic acids is 1. The SMILES string of the molecule is CC(CCc1ccccc1)NC(=O)c1nc(COc2ccc3c(c2)OCO3)no1. The summed E-state index contributed by atoms with van der Waals surface area (Å²) in [5.41, 5.74) is 1.23. The fourth-order valence-corrected chi connectivity index (χ4v) is 2.90. The number of hydrogen-bond acceptors (Lipinski definition) is 7. The lowest BCUT2D eigenvalue weighted by atomic mass is 10.1. The number of ether oxygens (including phenoxy) is 3. The fourth-order valence-electron chi connectivity index (χ4n) is 2.90. The first-order chi connectivity index (χ1) is 14.2. The number of hydrogen-bond donors (Lipinski definition) is 1. The molecule has 0 radical (unpaired) electrons. The van der Waals surface area contributed by atoms with Gasteiger partial charge in [0, 0.05) is 12.1 Å². The molecule has 1 amide bonds. The number of aryl methyl sites for hydroxylation is 1. The minimum absolute atomic E-state index is 0.0251. The van der Waals surface area contributed by atoms with Crippen LogP contribution in [-0.2, 0) is 13.0 Å². The van der Waals surface area contributed by atoms with Crippen molar-refractivity contribution < 1.29 is 23.5 Å². The smallest absolute Gasteiger partial charge is 0.316 e. The van der Waals surface area contributed by atoms with Crippen molar-refractivity contribution >= 4 is 5.91 Å². The molecule has 8 heteroatoms. The number of rotatable bonds is 8. The van der Waals surface area contributed by atoms with Gasteiger partial charge in [0.1, 0.15) is 5.75 Å². The molecule has 0 fully saturated rings. The summed E-state index contributed by atoms with van der Waals surface area (Å²) in [6.45, 7) is 2.22. The van der Waals surface area contributed by atoms with Gasteiger partial charge in [-0.2, -0.15) is 4.98 Å². The van der Waals surface area contributed by atoms with E-state index in [9.17, 15) is 4.79 Å². The molecule has 0 saturated heterocycles. The molecule has 1 aliphatic rings. The van der Waals surface area contributed by atoms with Gasteiger partial charge >= 0.3 is 11.8 Å². The summed E-state index contributed by atoms with van der Waals surface area (Å²) in [6.07, 6.45) is 1.69. The lowest BCUT2D eigenvalue weighted by Crippen LogP contribution is -2.33. The molecule has 150 valence electrons. The first-order valence-corrected chi connectivity index (χ1v) is 9.37. The van der Waals surface area contributed by atoms with Crippen molar-refractivity contribution in [1.82, 2.24) is 15.5 Å². The van der Waals surface area contributed by atoms with Gasteiger partial charge in [0.25, 0.3) is 0 Å². The summed E-state index contributed by atoms with van der Waals surface area (Å²) >= 11 is 0. The highest BCUT2D eigenvalue weighted by Crippen LogP contribution is 2.35. The third kappa shape index (κ3) is 4.84. The summed E-state index contributed by atoms with van der Waals surface area (Å²) in [4.78, 5) is 16.4. The van der Waals surface area contributed by atoms with Crippen LogP contribution in [0.5, 0.6) is 17.2 Å². The molecule has 4 rings (SSSR count). The van der Waals surface area contributed by atoms with Crippen LogP contribution in [0.1, 0.15) is 35.4 Å². The van der Waals surface area contributed by atoms with Crippen molar-refractivity contribution in [3.63, 3.8) is 0 Å². The minimum Gasteiger partial charge on any atom is -0.485 e. The van der Waals surface area contributed by atoms with Crippen LogP contribution in [0.15, 0.2) is 53.1 Å². The monoisotopic (exact) mass is 395 g/mol. The highest BCUT2D eigenvalue weighted by Gasteiger charge is 2.18. The highest BCUT2D eigenvalue weighted by atomic mass is 16.7. The Balaban J connectivity index is 1.26. The highest BCUT2D eigenvalue weighted by molar-refractivity contribution is 5.89. The van der Waals surface area contributed by atoms with E-state index >= 15 is 0 Å². The average Bonchev–Trinajstić information content (AvgIpc) is 3.40. The van der Waals surface area contributed by atoms with E-state index in [0.717, 1.165) is 12.8 Å². The van der Waals surface area contributed by atoms with Crippen molar-refractivity contribution in [2.75, 3.05) is 6.79 Å². The van der Waals surface area contributed by atoms with E-state index in [1.165, 1.54) is 5.56 Å². The molecule has 0 aliphatic carbocycles. The Morgan fingerprint density at radius 1 is 1.17 bits per heavy atom. The predicted molar refractivity (Wildman–Crippen MR) is 103 cm³/mol.